The number of unbranched alkanes of at least 4 members (excludes halogenated alkanes) is 1. The average molecular weight is 516 g/mol. The van der Waals surface area contributed by atoms with Crippen LogP contribution in [0.5, 0.6) is 11.5 Å². The first kappa shape index (κ1) is 28.2. The van der Waals surface area contributed by atoms with Crippen molar-refractivity contribution in [2.24, 2.45) is 0 Å². The van der Waals surface area contributed by atoms with Crippen LogP contribution in [0.25, 0.3) is 0 Å². The van der Waals surface area contributed by atoms with Gasteiger partial charge in [-0.25, -0.2) is 4.79 Å². The van der Waals surface area contributed by atoms with Gasteiger partial charge in [-0.1, -0.05) is 17.7 Å². The number of nitrogens with zero attached hydrogens (tertiary/aromatic N) is 1. The molecule has 0 aromatic heterocycles. The Morgan fingerprint density at radius 1 is 1.14 bits per heavy atom. The number of hydrogen-bond acceptors (Lipinski definition) is 6. The summed E-state index contributed by atoms with van der Waals surface area (Å²) in [7, 11) is 0. The number of aromatic hydroxyl groups is 1. The molecule has 1 aromatic rings. The Morgan fingerprint density at radius 2 is 1.86 bits per heavy atom. The third kappa shape index (κ3) is 6.71. The summed E-state index contributed by atoms with van der Waals surface area (Å²) in [5.74, 6) is -1.61. The summed E-state index contributed by atoms with van der Waals surface area (Å²) in [6.45, 7) is 6.13. The number of phenols is 1. The maximum atomic E-state index is 13.0. The van der Waals surface area contributed by atoms with Crippen molar-refractivity contribution < 1.29 is 39.5 Å². The molecule has 0 spiro atoms. The lowest BCUT2D eigenvalue weighted by Gasteiger charge is -2.40. The molecule has 2 heterocycles. The minimum absolute atomic E-state index is 0.0527. The zero-order valence-electron chi connectivity index (χ0n) is 21.7. The zero-order valence-corrected chi connectivity index (χ0v) is 21.7. The molecule has 0 fully saturated rings. The second kappa shape index (κ2) is 11.8. The summed E-state index contributed by atoms with van der Waals surface area (Å²) in [4.78, 5) is 36.3. The SMILES string of the molecule is C/C(=C\CCC1(C)Oc2c(c(O)cc3c2CN(CCCCC(=O)O)C3=O)CC1O)CC/C=C(\C)C(=O)O. The van der Waals surface area contributed by atoms with E-state index in [0.717, 1.165) is 12.0 Å². The van der Waals surface area contributed by atoms with Gasteiger partial charge in [-0.05, 0) is 65.4 Å². The lowest BCUT2D eigenvalue weighted by molar-refractivity contribution is -0.137. The number of ether oxygens (including phenoxy) is 1. The standard InChI is InChI=1S/C28H37NO8/c1-17(8-6-10-18(2)27(35)36)9-7-12-28(3)23(31)15-20-22(30)14-19-21(25(20)37-28)16-29(26(19)34)13-5-4-11-24(32)33/h9-10,14,23,30-31H,4-8,11-13,15-16H2,1-3H3,(H,32,33)(H,35,36)/b17-9+,18-10+. The van der Waals surface area contributed by atoms with Gasteiger partial charge in [-0.2, -0.15) is 0 Å². The van der Waals surface area contributed by atoms with Crippen LogP contribution in [-0.2, 0) is 22.6 Å². The van der Waals surface area contributed by atoms with Gasteiger partial charge in [-0.15, -0.1) is 0 Å². The Bertz CT molecular complexity index is 1120. The van der Waals surface area contributed by atoms with Gasteiger partial charge in [0.15, 0.2) is 0 Å². The Labute approximate surface area is 217 Å². The maximum Gasteiger partial charge on any atom is 0.330 e. The number of benzene rings is 1. The number of aliphatic hydroxyl groups excluding tert-OH is 1. The number of carboxylic acid groups (broad SMARTS) is 2. The minimum Gasteiger partial charge on any atom is -0.508 e. The number of hydrogen-bond donors (Lipinski definition) is 4. The van der Waals surface area contributed by atoms with E-state index in [-0.39, 0.29) is 24.5 Å². The Morgan fingerprint density at radius 3 is 2.54 bits per heavy atom. The first-order valence-corrected chi connectivity index (χ1v) is 12.7. The van der Waals surface area contributed by atoms with Crippen LogP contribution in [-0.4, -0.2) is 61.4 Å². The van der Waals surface area contributed by atoms with Crippen LogP contribution >= 0.6 is 0 Å². The van der Waals surface area contributed by atoms with E-state index in [0.29, 0.717) is 73.2 Å². The van der Waals surface area contributed by atoms with E-state index in [1.165, 1.54) is 6.07 Å². The summed E-state index contributed by atoms with van der Waals surface area (Å²) in [5, 5.41) is 39.3. The van der Waals surface area contributed by atoms with Crippen molar-refractivity contribution in [1.82, 2.24) is 4.90 Å². The molecule has 1 amide bonds. The quantitative estimate of drug-likeness (QED) is 0.184. The van der Waals surface area contributed by atoms with E-state index in [4.69, 9.17) is 14.9 Å². The molecule has 1 aromatic carbocycles. The monoisotopic (exact) mass is 515 g/mol. The van der Waals surface area contributed by atoms with E-state index in [1.54, 1.807) is 17.9 Å². The largest absolute Gasteiger partial charge is 0.508 e. The third-order valence-corrected chi connectivity index (χ3v) is 7.30. The average Bonchev–Trinajstić information content (AvgIpc) is 3.13. The number of carboxylic acids is 2. The van der Waals surface area contributed by atoms with Crippen molar-refractivity contribution in [3.63, 3.8) is 0 Å². The normalized spacial score (nSPS) is 21.5. The van der Waals surface area contributed by atoms with Crippen molar-refractivity contribution >= 4 is 17.8 Å². The molecule has 3 rings (SSSR count). The molecule has 9 nitrogen and oxygen atoms in total. The number of fused-ring (bicyclic) bond motifs is 3. The van der Waals surface area contributed by atoms with E-state index < -0.39 is 23.6 Å². The molecule has 0 aliphatic carbocycles. The van der Waals surface area contributed by atoms with Crippen LogP contribution in [0.4, 0.5) is 0 Å². The van der Waals surface area contributed by atoms with E-state index in [1.807, 2.05) is 13.8 Å². The molecular formula is C28H37NO8. The molecule has 0 radical (unpaired) electrons. The van der Waals surface area contributed by atoms with Crippen LogP contribution in [0.1, 0.15) is 87.2 Å². The van der Waals surface area contributed by atoms with Crippen molar-refractivity contribution in [2.75, 3.05) is 6.54 Å². The molecule has 0 bridgehead atoms. The number of phenolic OH excluding ortho intramolecular Hbond substituents is 1. The highest BCUT2D eigenvalue weighted by Crippen LogP contribution is 2.46. The minimum atomic E-state index is -0.918. The molecule has 37 heavy (non-hydrogen) atoms. The summed E-state index contributed by atoms with van der Waals surface area (Å²) in [5.41, 5.74) is 2.10. The van der Waals surface area contributed by atoms with Gasteiger partial charge in [0, 0.05) is 36.1 Å². The number of rotatable bonds is 12. The Balaban J connectivity index is 1.69. The Kier molecular flexibility index (Phi) is 9.02. The van der Waals surface area contributed by atoms with Gasteiger partial charge >= 0.3 is 11.9 Å². The van der Waals surface area contributed by atoms with Crippen LogP contribution in [0.3, 0.4) is 0 Å². The number of carbonyl (C=O) groups is 3. The van der Waals surface area contributed by atoms with Crippen molar-refractivity contribution in [3.05, 3.63) is 46.1 Å². The topological polar surface area (TPSA) is 145 Å². The fraction of sp³-hybridized carbons (Fsp3) is 0.536. The number of allylic oxidation sites excluding steroid dienone is 3. The smallest absolute Gasteiger partial charge is 0.330 e. The van der Waals surface area contributed by atoms with Gasteiger partial charge in [0.05, 0.1) is 18.2 Å². The van der Waals surface area contributed by atoms with Crippen molar-refractivity contribution in [2.45, 2.75) is 90.4 Å². The van der Waals surface area contributed by atoms with E-state index in [9.17, 15) is 24.6 Å². The van der Waals surface area contributed by atoms with E-state index in [2.05, 4.69) is 6.08 Å². The molecule has 4 N–H and O–H groups in total. The van der Waals surface area contributed by atoms with E-state index >= 15 is 0 Å². The number of aliphatic carboxylic acids is 2. The van der Waals surface area contributed by atoms with Crippen molar-refractivity contribution in [3.8, 4) is 11.5 Å². The van der Waals surface area contributed by atoms with Gasteiger partial charge in [-0.3, -0.25) is 9.59 Å². The fourth-order valence-electron chi connectivity index (χ4n) is 4.83. The Hall–Kier alpha value is -3.33. The third-order valence-electron chi connectivity index (χ3n) is 7.30. The van der Waals surface area contributed by atoms with Gasteiger partial charge in [0.25, 0.3) is 5.91 Å². The van der Waals surface area contributed by atoms with Crippen LogP contribution < -0.4 is 4.74 Å². The maximum absolute atomic E-state index is 13.0. The molecule has 2 unspecified atom stereocenters. The van der Waals surface area contributed by atoms with Gasteiger partial charge in [0.2, 0.25) is 0 Å². The van der Waals surface area contributed by atoms with Crippen LogP contribution in [0.2, 0.25) is 0 Å². The number of amides is 1. The molecule has 202 valence electrons. The molecule has 0 saturated heterocycles. The molecular weight excluding hydrogens is 478 g/mol. The van der Waals surface area contributed by atoms with Gasteiger partial charge < -0.3 is 30.1 Å². The van der Waals surface area contributed by atoms with Crippen LogP contribution in [0.15, 0.2) is 29.4 Å². The molecule has 9 heteroatoms. The predicted octanol–water partition coefficient (Wildman–Crippen LogP) is 4.20. The first-order chi connectivity index (χ1) is 17.4. The molecule has 2 aliphatic heterocycles. The van der Waals surface area contributed by atoms with Crippen molar-refractivity contribution in [1.29, 1.82) is 0 Å². The summed E-state index contributed by atoms with van der Waals surface area (Å²) >= 11 is 0. The summed E-state index contributed by atoms with van der Waals surface area (Å²) in [6, 6.07) is 1.44. The fourth-order valence-corrected chi connectivity index (χ4v) is 4.83. The second-order valence-electron chi connectivity index (χ2n) is 10.3. The predicted molar refractivity (Wildman–Crippen MR) is 137 cm³/mol. The summed E-state index contributed by atoms with van der Waals surface area (Å²) < 4.78 is 6.36. The number of aliphatic hydroxyl groups is 1. The lowest BCUT2D eigenvalue weighted by Crippen LogP contribution is -2.49. The molecule has 0 saturated carbocycles. The molecule has 2 atom stereocenters. The highest BCUT2D eigenvalue weighted by Gasteiger charge is 2.44. The zero-order chi connectivity index (χ0) is 27.3. The summed E-state index contributed by atoms with van der Waals surface area (Å²) in [6.07, 6.45) is 6.76. The second-order valence-corrected chi connectivity index (χ2v) is 10.3. The highest BCUT2D eigenvalue weighted by molar-refractivity contribution is 6.00. The van der Waals surface area contributed by atoms with Gasteiger partial charge in [0.1, 0.15) is 17.1 Å². The lowest BCUT2D eigenvalue weighted by atomic mass is 9.84. The first-order valence-electron chi connectivity index (χ1n) is 12.7. The van der Waals surface area contributed by atoms with Crippen LogP contribution in [0, 0.1) is 0 Å². The molecule has 2 aliphatic rings. The highest BCUT2D eigenvalue weighted by atomic mass is 16.5. The number of carbonyl (C=O) groups excluding carboxylic acids is 1.